The molecule has 1 aromatic heterocycles. The molecule has 1 N–H and O–H groups in total. The van der Waals surface area contributed by atoms with Crippen molar-refractivity contribution >= 4 is 22.4 Å². The number of aryl methyl sites for hydroxylation is 2. The third-order valence-electron chi connectivity index (χ3n) is 4.03. The van der Waals surface area contributed by atoms with Gasteiger partial charge in [-0.15, -0.1) is 10.2 Å². The molecule has 2 aromatic carbocycles. The van der Waals surface area contributed by atoms with E-state index in [1.165, 1.54) is 22.5 Å². The minimum atomic E-state index is -0.0228. The fourth-order valence-corrected chi connectivity index (χ4v) is 3.30. The number of rotatable bonds is 9. The lowest BCUT2D eigenvalue weighted by atomic mass is 10.1. The molecule has 0 aliphatic heterocycles. The number of nitrogens with one attached hydrogen (secondary N) is 1. The van der Waals surface area contributed by atoms with Gasteiger partial charge >= 0.3 is 0 Å². The van der Waals surface area contributed by atoms with Crippen molar-refractivity contribution in [3.63, 3.8) is 0 Å². The van der Waals surface area contributed by atoms with Crippen molar-refractivity contribution in [3.8, 4) is 5.75 Å². The van der Waals surface area contributed by atoms with Crippen molar-refractivity contribution < 1.29 is 9.53 Å². The topological polar surface area (TPSA) is 64.1 Å². The highest BCUT2D eigenvalue weighted by Gasteiger charge is 2.08. The molecule has 1 heterocycles. The summed E-state index contributed by atoms with van der Waals surface area (Å²) in [6, 6.07) is 18.1. The normalized spacial score (nSPS) is 10.6. The standard InChI is InChI=1S/C21H23N3O2S/c1-16-10-12-17(13-11-16)6-5-9-19(25)22-21-24-23-20(27-21)14-15-26-18-7-3-2-4-8-18/h2-4,7-8,10-13H,5-6,9,14-15H2,1H3,(H,22,24,25). The van der Waals surface area contributed by atoms with Crippen molar-refractivity contribution in [2.45, 2.75) is 32.6 Å². The van der Waals surface area contributed by atoms with Crippen molar-refractivity contribution in [2.24, 2.45) is 0 Å². The highest BCUT2D eigenvalue weighted by Crippen LogP contribution is 2.17. The average Bonchev–Trinajstić information content (AvgIpc) is 3.11. The molecular formula is C21H23N3O2S. The van der Waals surface area contributed by atoms with Crippen LogP contribution in [0.25, 0.3) is 0 Å². The Bertz CT molecular complexity index is 847. The third-order valence-corrected chi connectivity index (χ3v) is 4.93. The molecule has 3 aromatic rings. The minimum absolute atomic E-state index is 0.0228. The molecular weight excluding hydrogens is 358 g/mol. The summed E-state index contributed by atoms with van der Waals surface area (Å²) in [6.07, 6.45) is 2.84. The first-order valence-electron chi connectivity index (χ1n) is 9.05. The summed E-state index contributed by atoms with van der Waals surface area (Å²) in [5.41, 5.74) is 2.50. The van der Waals surface area contributed by atoms with E-state index in [1.54, 1.807) is 0 Å². The van der Waals surface area contributed by atoms with Gasteiger partial charge in [-0.25, -0.2) is 0 Å². The zero-order valence-corrected chi connectivity index (χ0v) is 16.2. The summed E-state index contributed by atoms with van der Waals surface area (Å²) in [5, 5.41) is 12.4. The molecule has 140 valence electrons. The van der Waals surface area contributed by atoms with E-state index in [4.69, 9.17) is 4.74 Å². The number of aromatic nitrogens is 2. The minimum Gasteiger partial charge on any atom is -0.493 e. The summed E-state index contributed by atoms with van der Waals surface area (Å²) in [4.78, 5) is 12.1. The van der Waals surface area contributed by atoms with Crippen LogP contribution >= 0.6 is 11.3 Å². The third kappa shape index (κ3) is 6.49. The van der Waals surface area contributed by atoms with Gasteiger partial charge in [0, 0.05) is 12.8 Å². The van der Waals surface area contributed by atoms with Crippen LogP contribution < -0.4 is 10.1 Å². The maximum Gasteiger partial charge on any atom is 0.226 e. The molecule has 0 unspecified atom stereocenters. The van der Waals surface area contributed by atoms with Gasteiger partial charge in [0.05, 0.1) is 6.61 Å². The Labute approximate surface area is 163 Å². The molecule has 0 saturated heterocycles. The number of ether oxygens (including phenoxy) is 1. The molecule has 27 heavy (non-hydrogen) atoms. The number of benzene rings is 2. The molecule has 0 aliphatic rings. The molecule has 0 radical (unpaired) electrons. The van der Waals surface area contributed by atoms with Crippen LogP contribution in [0.5, 0.6) is 5.75 Å². The second-order valence-corrected chi connectivity index (χ2v) is 7.36. The van der Waals surface area contributed by atoms with Crippen LogP contribution in [0, 0.1) is 6.92 Å². The summed E-state index contributed by atoms with van der Waals surface area (Å²) in [5.74, 6) is 0.814. The molecule has 1 amide bonds. The van der Waals surface area contributed by atoms with Crippen molar-refractivity contribution in [1.82, 2.24) is 10.2 Å². The fourth-order valence-electron chi connectivity index (χ4n) is 2.57. The number of carbonyl (C=O) groups excluding carboxylic acids is 1. The number of amides is 1. The van der Waals surface area contributed by atoms with E-state index in [-0.39, 0.29) is 5.91 Å². The van der Waals surface area contributed by atoms with Gasteiger partial charge in [-0.3, -0.25) is 4.79 Å². The molecule has 5 nitrogen and oxygen atoms in total. The van der Waals surface area contributed by atoms with Gasteiger partial charge in [0.25, 0.3) is 0 Å². The number of carbonyl (C=O) groups is 1. The van der Waals surface area contributed by atoms with Crippen molar-refractivity contribution in [1.29, 1.82) is 0 Å². The zero-order valence-electron chi connectivity index (χ0n) is 15.4. The van der Waals surface area contributed by atoms with Gasteiger partial charge in [-0.05, 0) is 37.5 Å². The Kier molecular flexibility index (Phi) is 6.93. The van der Waals surface area contributed by atoms with E-state index in [0.717, 1.165) is 23.6 Å². The second-order valence-electron chi connectivity index (χ2n) is 6.30. The van der Waals surface area contributed by atoms with E-state index in [0.29, 0.717) is 24.6 Å². The van der Waals surface area contributed by atoms with E-state index >= 15 is 0 Å². The van der Waals surface area contributed by atoms with E-state index in [2.05, 4.69) is 46.7 Å². The second kappa shape index (κ2) is 9.83. The van der Waals surface area contributed by atoms with Crippen LogP contribution in [-0.2, 0) is 17.6 Å². The van der Waals surface area contributed by atoms with Gasteiger partial charge in [-0.2, -0.15) is 0 Å². The Morgan fingerprint density at radius 1 is 1.04 bits per heavy atom. The maximum absolute atomic E-state index is 12.1. The lowest BCUT2D eigenvalue weighted by Crippen LogP contribution is -2.11. The maximum atomic E-state index is 12.1. The zero-order chi connectivity index (χ0) is 18.9. The Morgan fingerprint density at radius 2 is 1.81 bits per heavy atom. The van der Waals surface area contributed by atoms with Gasteiger partial charge in [0.2, 0.25) is 11.0 Å². The summed E-state index contributed by atoms with van der Waals surface area (Å²) >= 11 is 1.39. The predicted octanol–water partition coefficient (Wildman–Crippen LogP) is 4.43. The Morgan fingerprint density at radius 3 is 2.59 bits per heavy atom. The monoisotopic (exact) mass is 381 g/mol. The molecule has 6 heteroatoms. The summed E-state index contributed by atoms with van der Waals surface area (Å²) < 4.78 is 5.65. The molecule has 0 bridgehead atoms. The largest absolute Gasteiger partial charge is 0.493 e. The summed E-state index contributed by atoms with van der Waals surface area (Å²) in [6.45, 7) is 2.60. The average molecular weight is 382 g/mol. The van der Waals surface area contributed by atoms with E-state index in [1.807, 2.05) is 30.3 Å². The van der Waals surface area contributed by atoms with Crippen LogP contribution in [-0.4, -0.2) is 22.7 Å². The molecule has 0 atom stereocenters. The highest BCUT2D eigenvalue weighted by atomic mass is 32.1. The molecule has 0 aliphatic carbocycles. The van der Waals surface area contributed by atoms with Crippen LogP contribution in [0.1, 0.15) is 29.0 Å². The molecule has 3 rings (SSSR count). The van der Waals surface area contributed by atoms with Crippen LogP contribution in [0.15, 0.2) is 54.6 Å². The van der Waals surface area contributed by atoms with Crippen molar-refractivity contribution in [2.75, 3.05) is 11.9 Å². The Hall–Kier alpha value is -2.73. The first-order chi connectivity index (χ1) is 13.2. The first-order valence-corrected chi connectivity index (χ1v) is 9.86. The van der Waals surface area contributed by atoms with Crippen molar-refractivity contribution in [3.05, 3.63) is 70.7 Å². The lowest BCUT2D eigenvalue weighted by molar-refractivity contribution is -0.116. The molecule has 0 spiro atoms. The number of hydrogen-bond acceptors (Lipinski definition) is 5. The first kappa shape index (κ1) is 19.0. The van der Waals surface area contributed by atoms with E-state index in [9.17, 15) is 4.79 Å². The quantitative estimate of drug-likeness (QED) is 0.595. The van der Waals surface area contributed by atoms with Crippen LogP contribution in [0.4, 0.5) is 5.13 Å². The SMILES string of the molecule is Cc1ccc(CCCC(=O)Nc2nnc(CCOc3ccccc3)s2)cc1. The highest BCUT2D eigenvalue weighted by molar-refractivity contribution is 7.15. The van der Waals surface area contributed by atoms with Gasteiger partial charge in [0.1, 0.15) is 10.8 Å². The molecule has 0 saturated carbocycles. The number of nitrogens with zero attached hydrogens (tertiary/aromatic N) is 2. The van der Waals surface area contributed by atoms with Crippen LogP contribution in [0.3, 0.4) is 0 Å². The number of para-hydroxylation sites is 1. The van der Waals surface area contributed by atoms with Gasteiger partial charge in [-0.1, -0.05) is 59.4 Å². The Balaban J connectivity index is 1.36. The number of hydrogen-bond donors (Lipinski definition) is 1. The number of anilines is 1. The van der Waals surface area contributed by atoms with E-state index < -0.39 is 0 Å². The summed E-state index contributed by atoms with van der Waals surface area (Å²) in [7, 11) is 0. The van der Waals surface area contributed by atoms with Gasteiger partial charge < -0.3 is 10.1 Å². The predicted molar refractivity (Wildman–Crippen MR) is 108 cm³/mol. The molecule has 0 fully saturated rings. The van der Waals surface area contributed by atoms with Crippen LogP contribution in [0.2, 0.25) is 0 Å². The lowest BCUT2D eigenvalue weighted by Gasteiger charge is -2.03. The van der Waals surface area contributed by atoms with Gasteiger partial charge in [0.15, 0.2) is 0 Å². The fraction of sp³-hybridized carbons (Fsp3) is 0.286. The smallest absolute Gasteiger partial charge is 0.226 e.